The van der Waals surface area contributed by atoms with E-state index in [1.165, 1.54) is 0 Å². The van der Waals surface area contributed by atoms with Gasteiger partial charge in [-0.2, -0.15) is 0 Å². The highest BCUT2D eigenvalue weighted by Gasteiger charge is 2.11. The zero-order chi connectivity index (χ0) is 15.5. The van der Waals surface area contributed by atoms with Gasteiger partial charge < -0.3 is 9.84 Å². The highest BCUT2D eigenvalue weighted by molar-refractivity contribution is 7.13. The molecule has 0 saturated heterocycles. The smallest absolute Gasteiger partial charge is 0.323 e. The van der Waals surface area contributed by atoms with Crippen molar-refractivity contribution in [2.75, 3.05) is 0 Å². The van der Waals surface area contributed by atoms with Crippen LogP contribution >= 0.6 is 9.39 Å². The molecule has 5 heteroatoms. The van der Waals surface area contributed by atoms with Gasteiger partial charge in [-0.3, -0.25) is 9.88 Å². The van der Waals surface area contributed by atoms with Crippen molar-refractivity contribution >= 4 is 15.4 Å². The van der Waals surface area contributed by atoms with Crippen LogP contribution in [0.1, 0.15) is 12.5 Å². The number of hydrogen-bond acceptors (Lipinski definition) is 4. The molecule has 0 fully saturated rings. The second-order valence-corrected chi connectivity index (χ2v) is 4.65. The van der Waals surface area contributed by atoms with Gasteiger partial charge in [0.1, 0.15) is 18.4 Å². The first-order valence-corrected chi connectivity index (χ1v) is 7.12. The summed E-state index contributed by atoms with van der Waals surface area (Å²) in [5.74, 6) is 0.0753. The Balaban J connectivity index is 0.000000262. The first-order valence-electron chi connectivity index (χ1n) is 6.54. The number of carbonyl (C=O) groups excluding carboxylic acids is 1. The number of benzene rings is 2. The van der Waals surface area contributed by atoms with Crippen LogP contribution in [0, 0.1) is 0 Å². The van der Waals surface area contributed by atoms with Crippen molar-refractivity contribution in [3.05, 3.63) is 66.2 Å². The van der Waals surface area contributed by atoms with Crippen LogP contribution in [0.2, 0.25) is 0 Å². The van der Waals surface area contributed by atoms with E-state index in [9.17, 15) is 4.79 Å². The van der Waals surface area contributed by atoms with E-state index in [0.717, 1.165) is 5.56 Å². The van der Waals surface area contributed by atoms with Gasteiger partial charge in [0.15, 0.2) is 0 Å². The van der Waals surface area contributed by atoms with Crippen LogP contribution in [0.5, 0.6) is 5.75 Å². The Morgan fingerprint density at radius 3 is 2.10 bits per heavy atom. The molecule has 112 valence electrons. The van der Waals surface area contributed by atoms with Crippen LogP contribution in [-0.2, 0) is 16.1 Å². The lowest BCUT2D eigenvalue weighted by Gasteiger charge is -2.09. The van der Waals surface area contributed by atoms with E-state index in [1.54, 1.807) is 31.2 Å². The minimum atomic E-state index is -0.288. The number of rotatable bonds is 4. The number of para-hydroxylation sites is 1. The first-order chi connectivity index (χ1) is 10.1. The number of phenols is 1. The fourth-order valence-electron chi connectivity index (χ4n) is 1.35. The Labute approximate surface area is 127 Å². The standard InChI is InChI=1S/C10H14NO2P.C6H6O/c1-8(11-14)10(12)13-7-9-5-3-2-4-6-9;7-6-4-2-1-3-5-6/h2-6,8,11H,7,14H2,1H3;1-5,7H. The Morgan fingerprint density at radius 2 is 1.67 bits per heavy atom. The quantitative estimate of drug-likeness (QED) is 0.673. The van der Waals surface area contributed by atoms with Gasteiger partial charge in [-0.05, 0) is 24.6 Å². The van der Waals surface area contributed by atoms with Crippen LogP contribution in [0.4, 0.5) is 0 Å². The summed E-state index contributed by atoms with van der Waals surface area (Å²) in [5.41, 5.74) is 0.997. The lowest BCUT2D eigenvalue weighted by Crippen LogP contribution is -2.28. The molecule has 0 aliphatic heterocycles. The molecule has 0 bridgehead atoms. The lowest BCUT2D eigenvalue weighted by atomic mass is 10.2. The van der Waals surface area contributed by atoms with E-state index in [0.29, 0.717) is 12.4 Å². The maximum Gasteiger partial charge on any atom is 0.323 e. The number of aromatic hydroxyl groups is 1. The summed E-state index contributed by atoms with van der Waals surface area (Å²) in [6, 6.07) is 18.0. The molecule has 2 aromatic carbocycles. The van der Waals surface area contributed by atoms with Crippen molar-refractivity contribution in [1.29, 1.82) is 0 Å². The predicted molar refractivity (Wildman–Crippen MR) is 86.7 cm³/mol. The molecule has 0 amide bonds. The Hall–Kier alpha value is -1.90. The Kier molecular flexibility index (Phi) is 8.10. The molecule has 2 unspecified atom stereocenters. The number of ether oxygens (including phenoxy) is 1. The number of nitrogens with one attached hydrogen (secondary N) is 1. The molecule has 0 aliphatic rings. The zero-order valence-corrected chi connectivity index (χ0v) is 13.1. The molecule has 21 heavy (non-hydrogen) atoms. The molecule has 0 heterocycles. The van der Waals surface area contributed by atoms with E-state index in [4.69, 9.17) is 9.84 Å². The molecular weight excluding hydrogens is 285 g/mol. The maximum absolute atomic E-state index is 11.2. The van der Waals surface area contributed by atoms with E-state index >= 15 is 0 Å². The fourth-order valence-corrected chi connectivity index (χ4v) is 1.49. The van der Waals surface area contributed by atoms with Gasteiger partial charge in [-0.1, -0.05) is 57.9 Å². The SMILES string of the molecule is CC(NP)C(=O)OCc1ccccc1.Oc1ccccc1. The van der Waals surface area contributed by atoms with Crippen LogP contribution in [0.25, 0.3) is 0 Å². The maximum atomic E-state index is 11.2. The third kappa shape index (κ3) is 7.45. The molecule has 0 radical (unpaired) electrons. The number of phenolic OH excluding ortho intramolecular Hbond substituents is 1. The number of esters is 1. The molecule has 2 atom stereocenters. The summed E-state index contributed by atoms with van der Waals surface area (Å²) in [6.07, 6.45) is 0. The van der Waals surface area contributed by atoms with Crippen LogP contribution in [0.3, 0.4) is 0 Å². The van der Waals surface area contributed by atoms with E-state index < -0.39 is 0 Å². The Bertz CT molecular complexity index is 520. The molecule has 4 nitrogen and oxygen atoms in total. The summed E-state index contributed by atoms with van der Waals surface area (Å²) in [4.78, 5) is 11.2. The molecule has 0 spiro atoms. The zero-order valence-electron chi connectivity index (χ0n) is 11.9. The van der Waals surface area contributed by atoms with Gasteiger partial charge in [0.2, 0.25) is 0 Å². The third-order valence-electron chi connectivity index (χ3n) is 2.58. The number of carbonyl (C=O) groups is 1. The molecule has 2 aromatic rings. The average Bonchev–Trinajstić information content (AvgIpc) is 2.54. The second kappa shape index (κ2) is 9.92. The third-order valence-corrected chi connectivity index (χ3v) is 3.08. The number of hydrogen-bond donors (Lipinski definition) is 2. The van der Waals surface area contributed by atoms with Gasteiger partial charge in [-0.15, -0.1) is 0 Å². The van der Waals surface area contributed by atoms with Crippen molar-refractivity contribution in [3.63, 3.8) is 0 Å². The fraction of sp³-hybridized carbons (Fsp3) is 0.188. The van der Waals surface area contributed by atoms with Crippen LogP contribution in [-0.4, -0.2) is 17.1 Å². The lowest BCUT2D eigenvalue weighted by molar-refractivity contribution is -0.146. The van der Waals surface area contributed by atoms with Crippen molar-refractivity contribution in [2.24, 2.45) is 0 Å². The van der Waals surface area contributed by atoms with Crippen molar-refractivity contribution in [3.8, 4) is 5.75 Å². The van der Waals surface area contributed by atoms with Crippen LogP contribution < -0.4 is 5.09 Å². The topological polar surface area (TPSA) is 58.6 Å². The van der Waals surface area contributed by atoms with E-state index in [-0.39, 0.29) is 12.0 Å². The summed E-state index contributed by atoms with van der Waals surface area (Å²) in [6.45, 7) is 2.08. The summed E-state index contributed by atoms with van der Waals surface area (Å²) >= 11 is 0. The summed E-state index contributed by atoms with van der Waals surface area (Å²) in [7, 11) is 2.29. The monoisotopic (exact) mass is 305 g/mol. The predicted octanol–water partition coefficient (Wildman–Crippen LogP) is 2.89. The summed E-state index contributed by atoms with van der Waals surface area (Å²) in [5, 5.41) is 11.4. The first kappa shape index (κ1) is 17.2. The molecular formula is C16H20NO3P. The average molecular weight is 305 g/mol. The minimum absolute atomic E-state index is 0.246. The highest BCUT2D eigenvalue weighted by Crippen LogP contribution is 2.03. The van der Waals surface area contributed by atoms with Crippen molar-refractivity contribution in [2.45, 2.75) is 19.6 Å². The van der Waals surface area contributed by atoms with E-state index in [2.05, 4.69) is 14.5 Å². The van der Waals surface area contributed by atoms with Gasteiger partial charge in [0.25, 0.3) is 0 Å². The molecule has 0 aliphatic carbocycles. The minimum Gasteiger partial charge on any atom is -0.508 e. The normalized spacial score (nSPS) is 11.0. The molecule has 0 saturated carbocycles. The molecule has 2 rings (SSSR count). The van der Waals surface area contributed by atoms with Crippen molar-refractivity contribution < 1.29 is 14.6 Å². The largest absolute Gasteiger partial charge is 0.508 e. The van der Waals surface area contributed by atoms with Gasteiger partial charge in [0.05, 0.1) is 0 Å². The highest BCUT2D eigenvalue weighted by atomic mass is 31.0. The van der Waals surface area contributed by atoms with E-state index in [1.807, 2.05) is 36.4 Å². The molecule has 2 N–H and O–H groups in total. The van der Waals surface area contributed by atoms with Gasteiger partial charge in [-0.25, -0.2) is 0 Å². The van der Waals surface area contributed by atoms with Crippen LogP contribution in [0.15, 0.2) is 60.7 Å². The van der Waals surface area contributed by atoms with Gasteiger partial charge in [0, 0.05) is 0 Å². The molecule has 0 aromatic heterocycles. The summed E-state index contributed by atoms with van der Waals surface area (Å²) < 4.78 is 5.07. The van der Waals surface area contributed by atoms with Crippen molar-refractivity contribution in [1.82, 2.24) is 5.09 Å². The Morgan fingerprint density at radius 1 is 1.14 bits per heavy atom. The van der Waals surface area contributed by atoms with Gasteiger partial charge >= 0.3 is 5.97 Å². The second-order valence-electron chi connectivity index (χ2n) is 4.32.